The average molecular weight is 581 g/mol. The minimum Gasteiger partial charge on any atom is -0.480 e. The Labute approximate surface area is 241 Å². The molecule has 12 heteroatoms. The monoisotopic (exact) mass is 580 g/mol. The predicted octanol–water partition coefficient (Wildman–Crippen LogP) is 2.85. The second-order valence-electron chi connectivity index (χ2n) is 9.45. The van der Waals surface area contributed by atoms with Crippen LogP contribution in [0.15, 0.2) is 71.7 Å². The van der Waals surface area contributed by atoms with E-state index in [0.717, 1.165) is 11.1 Å². The Morgan fingerprint density at radius 3 is 2.20 bits per heavy atom. The van der Waals surface area contributed by atoms with Crippen LogP contribution in [0, 0.1) is 5.92 Å². The van der Waals surface area contributed by atoms with Crippen LogP contribution in [0.4, 0.5) is 5.69 Å². The van der Waals surface area contributed by atoms with Crippen molar-refractivity contribution in [1.82, 2.24) is 5.32 Å². The third-order valence-corrected chi connectivity index (χ3v) is 6.60. The molecule has 2 atom stereocenters. The minimum absolute atomic E-state index is 0. The first kappa shape index (κ1) is 30.6. The van der Waals surface area contributed by atoms with Crippen LogP contribution in [-0.2, 0) is 28.9 Å². The van der Waals surface area contributed by atoms with Crippen molar-refractivity contribution < 1.29 is 34.1 Å². The molecule has 0 radical (unpaired) electrons. The highest BCUT2D eigenvalue weighted by molar-refractivity contribution is 5.92. The molecule has 0 saturated heterocycles. The molecule has 1 aliphatic carbocycles. The molecule has 0 bridgehead atoms. The summed E-state index contributed by atoms with van der Waals surface area (Å²) in [5.74, 6) is -3.28. The predicted molar refractivity (Wildman–Crippen MR) is 153 cm³/mol. The number of esters is 1. The van der Waals surface area contributed by atoms with Crippen molar-refractivity contribution in [2.45, 2.75) is 31.7 Å². The number of amides is 1. The third kappa shape index (κ3) is 8.05. The Balaban J connectivity index is 0.00000462. The lowest BCUT2D eigenvalue weighted by Crippen LogP contribution is -2.46. The smallest absolute Gasteiger partial charge is 0.343 e. The number of carboxylic acid groups (broad SMARTS) is 2. The summed E-state index contributed by atoms with van der Waals surface area (Å²) in [7, 11) is 0. The summed E-state index contributed by atoms with van der Waals surface area (Å²) in [4.78, 5) is 52.3. The van der Waals surface area contributed by atoms with E-state index in [-0.39, 0.29) is 36.3 Å². The standard InChI is InChI=1S/C29H28N4O7.ClH/c30-29(31)32-22-10-7-18(8-11-22)28(39)40-23-12-9-19-14-21(6-5-20(19)15-23)25(34)33-24(27(37)38)13-16-1-3-17(4-2-16)26(35)36;/h1-4,7-12,15,21,24H,5-6,13-14H2,(H,33,34)(H,35,36)(H,37,38)(H4,30,31,32);1H/t21?,24-;/m0./s1. The first-order valence-corrected chi connectivity index (χ1v) is 12.5. The summed E-state index contributed by atoms with van der Waals surface area (Å²) in [6, 6.07) is 16.3. The highest BCUT2D eigenvalue weighted by Gasteiger charge is 2.29. The van der Waals surface area contributed by atoms with Gasteiger partial charge in [-0.15, -0.1) is 12.4 Å². The van der Waals surface area contributed by atoms with E-state index in [4.69, 9.17) is 21.3 Å². The number of fused-ring (bicyclic) bond motifs is 1. The Morgan fingerprint density at radius 2 is 1.59 bits per heavy atom. The number of hydrogen-bond acceptors (Lipinski definition) is 6. The zero-order valence-corrected chi connectivity index (χ0v) is 22.6. The second-order valence-corrected chi connectivity index (χ2v) is 9.45. The van der Waals surface area contributed by atoms with E-state index in [0.29, 0.717) is 41.8 Å². The SMILES string of the molecule is Cl.NC(N)=Nc1ccc(C(=O)Oc2ccc3c(c2)CCC(C(=O)N[C@@H](Cc2ccc(C(=O)O)cc2)C(=O)O)C3)cc1. The van der Waals surface area contributed by atoms with Gasteiger partial charge in [-0.1, -0.05) is 18.2 Å². The van der Waals surface area contributed by atoms with Crippen molar-refractivity contribution in [2.75, 3.05) is 0 Å². The molecular weight excluding hydrogens is 552 g/mol. The molecular formula is C29H29ClN4O7. The van der Waals surface area contributed by atoms with E-state index >= 15 is 0 Å². The number of carboxylic acids is 2. The first-order chi connectivity index (χ1) is 19.1. The molecule has 0 fully saturated rings. The summed E-state index contributed by atoms with van der Waals surface area (Å²) in [5.41, 5.74) is 14.1. The number of benzene rings is 3. The Bertz CT molecular complexity index is 1470. The molecule has 41 heavy (non-hydrogen) atoms. The summed E-state index contributed by atoms with van der Waals surface area (Å²) < 4.78 is 5.52. The van der Waals surface area contributed by atoms with Gasteiger partial charge in [0.25, 0.3) is 0 Å². The van der Waals surface area contributed by atoms with Gasteiger partial charge in [-0.2, -0.15) is 0 Å². The van der Waals surface area contributed by atoms with Gasteiger partial charge in [-0.05, 0) is 84.5 Å². The van der Waals surface area contributed by atoms with Crippen LogP contribution in [0.25, 0.3) is 0 Å². The van der Waals surface area contributed by atoms with Crippen LogP contribution in [0.2, 0.25) is 0 Å². The van der Waals surface area contributed by atoms with E-state index in [1.807, 2.05) is 0 Å². The lowest BCUT2D eigenvalue weighted by atomic mass is 9.83. The van der Waals surface area contributed by atoms with Gasteiger partial charge in [-0.3, -0.25) is 4.79 Å². The number of aryl methyl sites for hydroxylation is 1. The van der Waals surface area contributed by atoms with E-state index in [9.17, 15) is 24.3 Å². The molecule has 214 valence electrons. The van der Waals surface area contributed by atoms with Gasteiger partial charge in [-0.25, -0.2) is 19.4 Å². The van der Waals surface area contributed by atoms with E-state index in [1.54, 1.807) is 42.5 Å². The number of rotatable bonds is 9. The molecule has 7 N–H and O–H groups in total. The van der Waals surface area contributed by atoms with Crippen LogP contribution in [0.5, 0.6) is 5.75 Å². The Kier molecular flexibility index (Phi) is 10.0. The fourth-order valence-corrected chi connectivity index (χ4v) is 4.51. The number of carbonyl (C=O) groups excluding carboxylic acids is 2. The molecule has 3 aromatic carbocycles. The van der Waals surface area contributed by atoms with Gasteiger partial charge in [0.1, 0.15) is 11.8 Å². The number of carbonyl (C=O) groups is 4. The average Bonchev–Trinajstić information content (AvgIpc) is 2.92. The fourth-order valence-electron chi connectivity index (χ4n) is 4.51. The van der Waals surface area contributed by atoms with Gasteiger partial charge in [0, 0.05) is 12.3 Å². The molecule has 0 aromatic heterocycles. The van der Waals surface area contributed by atoms with Crippen LogP contribution in [-0.4, -0.2) is 46.0 Å². The van der Waals surface area contributed by atoms with Gasteiger partial charge in [0.15, 0.2) is 5.96 Å². The summed E-state index contributed by atoms with van der Waals surface area (Å²) in [5, 5.41) is 21.3. The van der Waals surface area contributed by atoms with Crippen molar-refractivity contribution in [1.29, 1.82) is 0 Å². The maximum Gasteiger partial charge on any atom is 0.343 e. The molecule has 11 nitrogen and oxygen atoms in total. The van der Waals surface area contributed by atoms with Crippen molar-refractivity contribution in [3.05, 3.63) is 94.5 Å². The third-order valence-electron chi connectivity index (χ3n) is 6.60. The highest BCUT2D eigenvalue weighted by atomic mass is 35.5. The van der Waals surface area contributed by atoms with Gasteiger partial charge in [0.2, 0.25) is 5.91 Å². The summed E-state index contributed by atoms with van der Waals surface area (Å²) in [6.07, 6.45) is 1.50. The van der Waals surface area contributed by atoms with Crippen molar-refractivity contribution in [2.24, 2.45) is 22.4 Å². The quantitative estimate of drug-likeness (QED) is 0.109. The molecule has 0 heterocycles. The number of hydrogen-bond donors (Lipinski definition) is 5. The molecule has 0 aliphatic heterocycles. The molecule has 0 spiro atoms. The fraction of sp³-hybridized carbons (Fsp3) is 0.207. The van der Waals surface area contributed by atoms with E-state index in [1.165, 1.54) is 24.3 Å². The number of nitrogens with zero attached hydrogens (tertiary/aromatic N) is 1. The van der Waals surface area contributed by atoms with Gasteiger partial charge < -0.3 is 31.7 Å². The van der Waals surface area contributed by atoms with Crippen molar-refractivity contribution in [3.63, 3.8) is 0 Å². The van der Waals surface area contributed by atoms with Crippen LogP contribution in [0.3, 0.4) is 0 Å². The van der Waals surface area contributed by atoms with Crippen molar-refractivity contribution in [3.8, 4) is 5.75 Å². The minimum atomic E-state index is -1.18. The molecule has 1 unspecified atom stereocenters. The maximum absolute atomic E-state index is 13.0. The van der Waals surface area contributed by atoms with Crippen LogP contribution < -0.4 is 21.5 Å². The van der Waals surface area contributed by atoms with E-state index in [2.05, 4.69) is 10.3 Å². The maximum atomic E-state index is 13.0. The zero-order valence-electron chi connectivity index (χ0n) is 21.8. The van der Waals surface area contributed by atoms with Gasteiger partial charge >= 0.3 is 17.9 Å². The molecule has 4 rings (SSSR count). The largest absolute Gasteiger partial charge is 0.480 e. The topological polar surface area (TPSA) is 194 Å². The molecule has 3 aromatic rings. The lowest BCUT2D eigenvalue weighted by molar-refractivity contribution is -0.142. The number of halogens is 1. The van der Waals surface area contributed by atoms with Crippen molar-refractivity contribution >= 4 is 47.9 Å². The van der Waals surface area contributed by atoms with Crippen LogP contribution in [0.1, 0.15) is 43.8 Å². The number of nitrogens with two attached hydrogens (primary N) is 2. The Hall–Kier alpha value is -4.90. The van der Waals surface area contributed by atoms with Gasteiger partial charge in [0.05, 0.1) is 16.8 Å². The Morgan fingerprint density at radius 1 is 0.927 bits per heavy atom. The van der Waals surface area contributed by atoms with Crippen LogP contribution >= 0.6 is 12.4 Å². The number of guanidine groups is 1. The normalized spacial score (nSPS) is 14.4. The number of aliphatic imine (C=N–C) groups is 1. The number of aromatic carboxylic acids is 1. The highest BCUT2D eigenvalue weighted by Crippen LogP contribution is 2.29. The molecule has 1 aliphatic rings. The summed E-state index contributed by atoms with van der Waals surface area (Å²) >= 11 is 0. The number of ether oxygens (including phenoxy) is 1. The molecule has 1 amide bonds. The molecule has 0 saturated carbocycles. The summed E-state index contributed by atoms with van der Waals surface area (Å²) in [6.45, 7) is 0. The zero-order chi connectivity index (χ0) is 28.8. The lowest BCUT2D eigenvalue weighted by Gasteiger charge is -2.26. The first-order valence-electron chi connectivity index (χ1n) is 12.5. The second kappa shape index (κ2) is 13.4. The van der Waals surface area contributed by atoms with E-state index < -0.39 is 29.9 Å². The number of aliphatic carboxylic acids is 1. The number of nitrogens with one attached hydrogen (secondary N) is 1.